The molecule has 2 unspecified atom stereocenters. The standard InChI is InChI=1S/C26H27BrN4O/c27-26-13-18-10-19(14-26)12-25(11-18,17-26)24(32)29-15-21-16-31(22-4-2-1-3-5-22)30-23(21)20-6-8-28-9-7-20/h1-9,16,18-19H,10-15,17H2,(H,29,32). The number of nitrogens with zero attached hydrogens (tertiary/aromatic N) is 3. The Morgan fingerprint density at radius 3 is 2.47 bits per heavy atom. The number of carbonyl (C=O) groups excluding carboxylic acids is 1. The predicted octanol–water partition coefficient (Wildman–Crippen LogP) is 5.28. The third-order valence-electron chi connectivity index (χ3n) is 7.68. The summed E-state index contributed by atoms with van der Waals surface area (Å²) in [5.74, 6) is 1.60. The molecule has 3 aromatic rings. The maximum absolute atomic E-state index is 13.6. The Kier molecular flexibility index (Phi) is 4.75. The topological polar surface area (TPSA) is 59.8 Å². The van der Waals surface area contributed by atoms with Gasteiger partial charge < -0.3 is 5.32 Å². The average Bonchev–Trinajstić information content (AvgIpc) is 3.21. The molecule has 4 bridgehead atoms. The van der Waals surface area contributed by atoms with Crippen molar-refractivity contribution in [3.05, 3.63) is 66.6 Å². The van der Waals surface area contributed by atoms with Gasteiger partial charge >= 0.3 is 0 Å². The van der Waals surface area contributed by atoms with E-state index in [4.69, 9.17) is 5.10 Å². The van der Waals surface area contributed by atoms with Crippen molar-refractivity contribution < 1.29 is 4.79 Å². The minimum atomic E-state index is -0.208. The first-order chi connectivity index (χ1) is 15.5. The first kappa shape index (κ1) is 20.2. The van der Waals surface area contributed by atoms with Gasteiger partial charge in [-0.2, -0.15) is 5.10 Å². The fourth-order valence-corrected chi connectivity index (χ4v) is 8.24. The number of pyridine rings is 1. The van der Waals surface area contributed by atoms with Crippen molar-refractivity contribution in [1.82, 2.24) is 20.1 Å². The van der Waals surface area contributed by atoms with E-state index in [2.05, 4.69) is 26.2 Å². The molecule has 32 heavy (non-hydrogen) atoms. The summed E-state index contributed by atoms with van der Waals surface area (Å²) in [4.78, 5) is 17.7. The van der Waals surface area contributed by atoms with Crippen LogP contribution >= 0.6 is 15.9 Å². The smallest absolute Gasteiger partial charge is 0.226 e. The Bertz CT molecular complexity index is 1130. The van der Waals surface area contributed by atoms with Gasteiger partial charge in [-0.15, -0.1) is 0 Å². The van der Waals surface area contributed by atoms with E-state index < -0.39 is 0 Å². The maximum atomic E-state index is 13.6. The number of alkyl halides is 1. The van der Waals surface area contributed by atoms with Crippen LogP contribution in [-0.4, -0.2) is 25.0 Å². The minimum absolute atomic E-state index is 0.175. The van der Waals surface area contributed by atoms with Crippen LogP contribution in [0.4, 0.5) is 0 Å². The van der Waals surface area contributed by atoms with Crippen molar-refractivity contribution in [2.24, 2.45) is 17.3 Å². The molecule has 4 aliphatic carbocycles. The number of carbonyl (C=O) groups is 1. The molecular formula is C26H27BrN4O. The second-order valence-electron chi connectivity index (χ2n) is 10.1. The highest BCUT2D eigenvalue weighted by Crippen LogP contribution is 2.64. The van der Waals surface area contributed by atoms with E-state index in [0.717, 1.165) is 41.8 Å². The van der Waals surface area contributed by atoms with Crippen LogP contribution in [0.25, 0.3) is 16.9 Å². The molecule has 2 heterocycles. The van der Waals surface area contributed by atoms with Crippen LogP contribution in [-0.2, 0) is 11.3 Å². The van der Waals surface area contributed by atoms with Gasteiger partial charge in [0.2, 0.25) is 5.91 Å². The number of amides is 1. The highest BCUT2D eigenvalue weighted by atomic mass is 79.9. The lowest BCUT2D eigenvalue weighted by atomic mass is 9.49. The Morgan fingerprint density at radius 2 is 1.78 bits per heavy atom. The van der Waals surface area contributed by atoms with Crippen molar-refractivity contribution in [1.29, 1.82) is 0 Å². The molecule has 0 aliphatic heterocycles. The molecule has 0 radical (unpaired) electrons. The van der Waals surface area contributed by atoms with Crippen molar-refractivity contribution in [3.8, 4) is 16.9 Å². The fourth-order valence-electron chi connectivity index (χ4n) is 6.78. The van der Waals surface area contributed by atoms with Gasteiger partial charge in [0.05, 0.1) is 16.8 Å². The molecule has 1 amide bonds. The molecule has 7 rings (SSSR count). The number of halogens is 1. The lowest BCUT2D eigenvalue weighted by Crippen LogP contribution is -2.58. The molecule has 0 spiro atoms. The molecular weight excluding hydrogens is 464 g/mol. The van der Waals surface area contributed by atoms with Crippen LogP contribution in [0.1, 0.15) is 44.1 Å². The molecule has 2 atom stereocenters. The Hall–Kier alpha value is -2.47. The number of nitrogens with one attached hydrogen (secondary N) is 1. The number of para-hydroxylation sites is 1. The van der Waals surface area contributed by atoms with Gasteiger partial charge in [0.15, 0.2) is 0 Å². The normalized spacial score (nSPS) is 30.4. The zero-order valence-corrected chi connectivity index (χ0v) is 19.6. The van der Waals surface area contributed by atoms with Crippen molar-refractivity contribution >= 4 is 21.8 Å². The van der Waals surface area contributed by atoms with E-state index >= 15 is 0 Å². The summed E-state index contributed by atoms with van der Waals surface area (Å²) in [6, 6.07) is 14.0. The van der Waals surface area contributed by atoms with E-state index in [1.54, 1.807) is 12.4 Å². The summed E-state index contributed by atoms with van der Waals surface area (Å²) < 4.78 is 2.07. The SMILES string of the molecule is O=C(NCc1cn(-c2ccccc2)nc1-c1ccncc1)C12CC3CC(CC(Br)(C3)C1)C2. The third-order valence-corrected chi connectivity index (χ3v) is 8.60. The average molecular weight is 491 g/mol. The molecule has 1 aromatic carbocycles. The summed E-state index contributed by atoms with van der Waals surface area (Å²) >= 11 is 4.03. The number of benzene rings is 1. The second kappa shape index (κ2) is 7.55. The van der Waals surface area contributed by atoms with Gasteiger partial charge in [-0.05, 0) is 74.6 Å². The lowest BCUT2D eigenvalue weighted by Gasteiger charge is -2.59. The van der Waals surface area contributed by atoms with Gasteiger partial charge in [0.25, 0.3) is 0 Å². The zero-order valence-electron chi connectivity index (χ0n) is 18.0. The van der Waals surface area contributed by atoms with Crippen molar-refractivity contribution in [2.75, 3.05) is 0 Å². The van der Waals surface area contributed by atoms with Crippen LogP contribution < -0.4 is 5.32 Å². The lowest BCUT2D eigenvalue weighted by molar-refractivity contribution is -0.144. The van der Waals surface area contributed by atoms with Crippen LogP contribution in [0.5, 0.6) is 0 Å². The highest BCUT2D eigenvalue weighted by molar-refractivity contribution is 9.10. The van der Waals surface area contributed by atoms with Crippen LogP contribution in [0, 0.1) is 17.3 Å². The fraction of sp³-hybridized carbons (Fsp3) is 0.423. The molecule has 4 fully saturated rings. The number of rotatable bonds is 5. The summed E-state index contributed by atoms with van der Waals surface area (Å²) in [5.41, 5.74) is 3.71. The summed E-state index contributed by atoms with van der Waals surface area (Å²) in [5, 5.41) is 8.18. The van der Waals surface area contributed by atoms with Gasteiger partial charge in [-0.3, -0.25) is 9.78 Å². The Balaban J connectivity index is 1.27. The van der Waals surface area contributed by atoms with Gasteiger partial charge in [-0.25, -0.2) is 4.68 Å². The second-order valence-corrected chi connectivity index (χ2v) is 11.8. The first-order valence-electron chi connectivity index (χ1n) is 11.5. The maximum Gasteiger partial charge on any atom is 0.226 e. The van der Waals surface area contributed by atoms with Crippen LogP contribution in [0.15, 0.2) is 61.1 Å². The van der Waals surface area contributed by atoms with E-state index in [0.29, 0.717) is 18.4 Å². The Labute approximate surface area is 196 Å². The molecule has 2 aromatic heterocycles. The summed E-state index contributed by atoms with van der Waals surface area (Å²) in [7, 11) is 0. The first-order valence-corrected chi connectivity index (χ1v) is 12.3. The molecule has 5 nitrogen and oxygen atoms in total. The Morgan fingerprint density at radius 1 is 1.06 bits per heavy atom. The number of hydrogen-bond acceptors (Lipinski definition) is 3. The van der Waals surface area contributed by atoms with Crippen molar-refractivity contribution in [3.63, 3.8) is 0 Å². The molecule has 4 saturated carbocycles. The van der Waals surface area contributed by atoms with Crippen molar-refractivity contribution in [2.45, 2.75) is 49.4 Å². The van der Waals surface area contributed by atoms with Gasteiger partial charge in [0, 0.05) is 40.6 Å². The summed E-state index contributed by atoms with van der Waals surface area (Å²) in [6.07, 6.45) is 12.4. The molecule has 1 N–H and O–H groups in total. The van der Waals surface area contributed by atoms with E-state index in [9.17, 15) is 4.79 Å². The van der Waals surface area contributed by atoms with Gasteiger partial charge in [0.1, 0.15) is 0 Å². The number of hydrogen-bond donors (Lipinski definition) is 1. The van der Waals surface area contributed by atoms with Crippen LogP contribution in [0.3, 0.4) is 0 Å². The van der Waals surface area contributed by atoms with E-state index in [1.807, 2.05) is 53.3 Å². The molecule has 6 heteroatoms. The molecule has 4 aliphatic rings. The minimum Gasteiger partial charge on any atom is -0.351 e. The quantitative estimate of drug-likeness (QED) is 0.494. The predicted molar refractivity (Wildman–Crippen MR) is 127 cm³/mol. The number of aromatic nitrogens is 3. The van der Waals surface area contributed by atoms with E-state index in [-0.39, 0.29) is 15.6 Å². The van der Waals surface area contributed by atoms with Crippen LogP contribution in [0.2, 0.25) is 0 Å². The largest absolute Gasteiger partial charge is 0.351 e. The third kappa shape index (κ3) is 3.49. The molecule has 164 valence electrons. The molecule has 0 saturated heterocycles. The zero-order chi connectivity index (χ0) is 21.8. The monoisotopic (exact) mass is 490 g/mol. The van der Waals surface area contributed by atoms with E-state index in [1.165, 1.54) is 19.3 Å². The van der Waals surface area contributed by atoms with Gasteiger partial charge in [-0.1, -0.05) is 34.1 Å². The highest BCUT2D eigenvalue weighted by Gasteiger charge is 2.59. The summed E-state index contributed by atoms with van der Waals surface area (Å²) in [6.45, 7) is 0.482.